The van der Waals surface area contributed by atoms with Gasteiger partial charge < -0.3 is 4.43 Å². The summed E-state index contributed by atoms with van der Waals surface area (Å²) in [7, 11) is -5.62. The lowest BCUT2D eigenvalue weighted by Crippen LogP contribution is -2.41. The van der Waals surface area contributed by atoms with Crippen molar-refractivity contribution in [2.45, 2.75) is 89.4 Å². The van der Waals surface area contributed by atoms with E-state index in [2.05, 4.69) is 63.4 Å². The van der Waals surface area contributed by atoms with Gasteiger partial charge in [0.15, 0.2) is 8.32 Å². The summed E-state index contributed by atoms with van der Waals surface area (Å²) in [5.74, 6) is 0. The van der Waals surface area contributed by atoms with Crippen molar-refractivity contribution in [1.82, 2.24) is 4.47 Å². The molecule has 1 aliphatic rings. The van der Waals surface area contributed by atoms with E-state index >= 15 is 0 Å². The Labute approximate surface area is 197 Å². The van der Waals surface area contributed by atoms with Crippen LogP contribution in [0.2, 0.25) is 18.1 Å². The Morgan fingerprint density at radius 3 is 2.33 bits per heavy atom. The summed E-state index contributed by atoms with van der Waals surface area (Å²) in [6.45, 7) is 15.7. The van der Waals surface area contributed by atoms with E-state index in [4.69, 9.17) is 9.26 Å². The van der Waals surface area contributed by atoms with E-state index in [1.807, 2.05) is 19.1 Å². The predicted octanol–water partition coefficient (Wildman–Crippen LogP) is 6.55. The minimum atomic E-state index is -3.76. The van der Waals surface area contributed by atoms with E-state index in [1.165, 1.54) is 4.47 Å². The minimum Gasteiger partial charge on any atom is -0.417 e. The summed E-state index contributed by atoms with van der Waals surface area (Å²) < 4.78 is 35.1. The number of benzene rings is 1. The maximum Gasteiger partial charge on any atom is 0.286 e. The Hall–Kier alpha value is -0.423. The maximum absolute atomic E-state index is 13.3. The van der Waals surface area contributed by atoms with Gasteiger partial charge in [-0.1, -0.05) is 51.8 Å². The van der Waals surface area contributed by atoms with Crippen molar-refractivity contribution in [2.24, 2.45) is 0 Å². The Balaban J connectivity index is 2.21. The van der Waals surface area contributed by atoms with Crippen LogP contribution in [0.1, 0.15) is 58.9 Å². The zero-order valence-corrected chi connectivity index (χ0v) is 23.3. The molecule has 0 N–H and O–H groups in total. The fraction of sp³-hybridized carbons (Fsp3) is 0.636. The third-order valence-corrected chi connectivity index (χ3v) is 13.4. The quantitative estimate of drug-likeness (QED) is 0.252. The van der Waals surface area contributed by atoms with Gasteiger partial charge in [-0.15, -0.1) is 4.47 Å². The topological polar surface area (TPSA) is 55.8 Å². The largest absolute Gasteiger partial charge is 0.417 e. The van der Waals surface area contributed by atoms with Crippen LogP contribution in [0.3, 0.4) is 0 Å². The molecule has 0 aromatic heterocycles. The SMILES string of the molecule is CCCCC1=C(I)C(CCO[Si](C)(C)C(C)(C)C)ON1S(=O)(=O)c1ccc(C)cc1. The van der Waals surface area contributed by atoms with Crippen molar-refractivity contribution in [2.75, 3.05) is 6.61 Å². The van der Waals surface area contributed by atoms with Gasteiger partial charge in [-0.25, -0.2) is 0 Å². The summed E-state index contributed by atoms with van der Waals surface area (Å²) in [5, 5.41) is 0.139. The normalized spacial score (nSPS) is 18.4. The lowest BCUT2D eigenvalue weighted by atomic mass is 10.1. The van der Waals surface area contributed by atoms with Crippen LogP contribution in [-0.4, -0.2) is 33.9 Å². The first-order valence-corrected chi connectivity index (χ1v) is 16.0. The molecule has 30 heavy (non-hydrogen) atoms. The third kappa shape index (κ3) is 5.88. The molecular weight excluding hydrogens is 529 g/mol. The number of halogens is 1. The van der Waals surface area contributed by atoms with Crippen LogP contribution in [0.4, 0.5) is 0 Å². The number of hydrogen-bond donors (Lipinski definition) is 0. The van der Waals surface area contributed by atoms with Crippen LogP contribution in [0, 0.1) is 6.92 Å². The van der Waals surface area contributed by atoms with Crippen molar-refractivity contribution in [3.63, 3.8) is 0 Å². The van der Waals surface area contributed by atoms with E-state index in [-0.39, 0.29) is 16.0 Å². The summed E-state index contributed by atoms with van der Waals surface area (Å²) >= 11 is 2.26. The molecule has 0 fully saturated rings. The molecule has 0 radical (unpaired) electrons. The highest BCUT2D eigenvalue weighted by Crippen LogP contribution is 2.40. The van der Waals surface area contributed by atoms with E-state index < -0.39 is 18.3 Å². The minimum absolute atomic E-state index is 0.139. The number of allylic oxidation sites excluding steroid dienone is 1. The van der Waals surface area contributed by atoms with Crippen LogP contribution < -0.4 is 0 Å². The highest BCUT2D eigenvalue weighted by atomic mass is 127. The van der Waals surface area contributed by atoms with Gasteiger partial charge >= 0.3 is 0 Å². The maximum atomic E-state index is 13.3. The van der Waals surface area contributed by atoms with Crippen LogP contribution in [-0.2, 0) is 19.3 Å². The van der Waals surface area contributed by atoms with E-state index in [0.29, 0.717) is 19.4 Å². The van der Waals surface area contributed by atoms with Crippen molar-refractivity contribution < 1.29 is 17.7 Å². The van der Waals surface area contributed by atoms with Crippen LogP contribution in [0.15, 0.2) is 38.4 Å². The second kappa shape index (κ2) is 10.0. The van der Waals surface area contributed by atoms with Gasteiger partial charge in [-0.3, -0.25) is 4.84 Å². The zero-order chi connectivity index (χ0) is 22.7. The summed E-state index contributed by atoms with van der Waals surface area (Å²) in [5.41, 5.74) is 1.78. The molecule has 0 amide bonds. The molecule has 2 rings (SSSR count). The number of aryl methyl sites for hydroxylation is 1. The Morgan fingerprint density at radius 2 is 1.80 bits per heavy atom. The van der Waals surface area contributed by atoms with Crippen LogP contribution in [0.25, 0.3) is 0 Å². The van der Waals surface area contributed by atoms with Crippen molar-refractivity contribution in [3.8, 4) is 0 Å². The van der Waals surface area contributed by atoms with E-state index in [0.717, 1.165) is 27.7 Å². The molecule has 1 heterocycles. The standard InChI is InChI=1S/C22H36INO4SSi/c1-8-9-10-19-21(23)20(15-16-27-30(6,7)22(3,4)5)28-24(19)29(25,26)18-13-11-17(2)12-14-18/h11-14,20H,8-10,15-16H2,1-7H3. The van der Waals surface area contributed by atoms with Gasteiger partial charge in [0.25, 0.3) is 10.0 Å². The number of rotatable bonds is 9. The summed E-state index contributed by atoms with van der Waals surface area (Å²) in [6.07, 6.45) is 2.94. The summed E-state index contributed by atoms with van der Waals surface area (Å²) in [6, 6.07) is 6.92. The molecule has 0 saturated heterocycles. The Morgan fingerprint density at radius 1 is 1.20 bits per heavy atom. The van der Waals surface area contributed by atoms with Gasteiger partial charge in [0, 0.05) is 16.6 Å². The number of unbranched alkanes of at least 4 members (excludes halogenated alkanes) is 1. The van der Waals surface area contributed by atoms with Crippen molar-refractivity contribution in [3.05, 3.63) is 39.1 Å². The lowest BCUT2D eigenvalue weighted by molar-refractivity contribution is -0.0756. The summed E-state index contributed by atoms with van der Waals surface area (Å²) in [4.78, 5) is 6.29. The van der Waals surface area contributed by atoms with Crippen molar-refractivity contribution in [1.29, 1.82) is 0 Å². The monoisotopic (exact) mass is 565 g/mol. The van der Waals surface area contributed by atoms with Crippen molar-refractivity contribution >= 4 is 40.9 Å². The zero-order valence-electron chi connectivity index (χ0n) is 19.3. The third-order valence-electron chi connectivity index (χ3n) is 5.96. The fourth-order valence-electron chi connectivity index (χ4n) is 2.88. The molecule has 0 bridgehead atoms. The molecule has 1 aromatic rings. The lowest BCUT2D eigenvalue weighted by Gasteiger charge is -2.36. The predicted molar refractivity (Wildman–Crippen MR) is 133 cm³/mol. The highest BCUT2D eigenvalue weighted by Gasteiger charge is 2.40. The molecule has 8 heteroatoms. The molecule has 1 unspecified atom stereocenters. The molecule has 1 aromatic carbocycles. The van der Waals surface area contributed by atoms with Crippen LogP contribution in [0.5, 0.6) is 0 Å². The average Bonchev–Trinajstić information content (AvgIpc) is 2.96. The Kier molecular flexibility index (Phi) is 8.63. The fourth-order valence-corrected chi connectivity index (χ4v) is 6.39. The molecule has 1 atom stereocenters. The molecule has 0 saturated carbocycles. The van der Waals surface area contributed by atoms with E-state index in [1.54, 1.807) is 12.1 Å². The van der Waals surface area contributed by atoms with Gasteiger partial charge in [0.05, 0.1) is 10.6 Å². The smallest absolute Gasteiger partial charge is 0.286 e. The second-order valence-corrected chi connectivity index (χ2v) is 17.2. The number of sulfonamides is 1. The molecule has 5 nitrogen and oxygen atoms in total. The van der Waals surface area contributed by atoms with Gasteiger partial charge in [-0.2, -0.15) is 8.42 Å². The highest BCUT2D eigenvalue weighted by molar-refractivity contribution is 14.1. The first kappa shape index (κ1) is 25.8. The van der Waals surface area contributed by atoms with Gasteiger partial charge in [0.1, 0.15) is 6.10 Å². The number of hydrogen-bond acceptors (Lipinski definition) is 4. The van der Waals surface area contributed by atoms with E-state index in [9.17, 15) is 8.42 Å². The van der Waals surface area contributed by atoms with Gasteiger partial charge in [-0.05, 0) is 72.6 Å². The molecule has 0 aliphatic carbocycles. The number of hydroxylamine groups is 1. The molecule has 170 valence electrons. The molecular formula is C22H36INO4SSi. The molecule has 1 aliphatic heterocycles. The first-order valence-electron chi connectivity index (χ1n) is 10.6. The van der Waals surface area contributed by atoms with Crippen LogP contribution >= 0.6 is 22.6 Å². The first-order chi connectivity index (χ1) is 13.8. The average molecular weight is 566 g/mol. The van der Waals surface area contributed by atoms with Gasteiger partial charge in [0.2, 0.25) is 0 Å². The Bertz CT molecular complexity index is 860. The molecule has 0 spiro atoms. The number of nitrogens with zero attached hydrogens (tertiary/aromatic N) is 1. The second-order valence-electron chi connectivity index (χ2n) is 9.43.